The minimum atomic E-state index is -0.758. The molecule has 3 aromatic rings. The monoisotopic (exact) mass is 336 g/mol. The van der Waals surface area contributed by atoms with Crippen molar-refractivity contribution in [3.63, 3.8) is 0 Å². The van der Waals surface area contributed by atoms with Crippen LogP contribution < -0.4 is 0 Å². The first-order chi connectivity index (χ1) is 9.16. The van der Waals surface area contributed by atoms with Crippen LogP contribution in [-0.4, -0.2) is 5.11 Å². The Balaban J connectivity index is 2.10. The van der Waals surface area contributed by atoms with Crippen LogP contribution >= 0.6 is 27.3 Å². The molecule has 1 atom stereocenters. The number of hydrogen-bond acceptors (Lipinski definition) is 2. The second-order valence-electron chi connectivity index (χ2n) is 4.26. The topological polar surface area (TPSA) is 20.2 Å². The molecule has 0 aliphatic carbocycles. The van der Waals surface area contributed by atoms with Crippen molar-refractivity contribution >= 4 is 37.4 Å². The van der Waals surface area contributed by atoms with Gasteiger partial charge in [0.2, 0.25) is 0 Å². The van der Waals surface area contributed by atoms with Gasteiger partial charge in [0, 0.05) is 14.7 Å². The second-order valence-corrected chi connectivity index (χ2v) is 6.02. The normalized spacial score (nSPS) is 12.8. The van der Waals surface area contributed by atoms with Gasteiger partial charge in [-0.2, -0.15) is 0 Å². The van der Waals surface area contributed by atoms with Crippen molar-refractivity contribution in [2.45, 2.75) is 6.10 Å². The summed E-state index contributed by atoms with van der Waals surface area (Å²) in [5, 5.41) is 13.5. The summed E-state index contributed by atoms with van der Waals surface area (Å²) in [5.74, 6) is -0.321. The van der Waals surface area contributed by atoms with E-state index in [2.05, 4.69) is 15.9 Å². The highest BCUT2D eigenvalue weighted by molar-refractivity contribution is 9.10. The molecule has 96 valence electrons. The Bertz CT molecular complexity index is 738. The molecule has 0 bridgehead atoms. The van der Waals surface area contributed by atoms with E-state index in [1.807, 2.05) is 29.6 Å². The Kier molecular flexibility index (Phi) is 3.39. The number of aliphatic hydroxyl groups excluding tert-OH is 1. The molecule has 0 aliphatic heterocycles. The molecule has 4 heteroatoms. The number of aliphatic hydroxyl groups is 1. The van der Waals surface area contributed by atoms with Crippen LogP contribution in [0, 0.1) is 5.82 Å². The highest BCUT2D eigenvalue weighted by atomic mass is 79.9. The predicted molar refractivity (Wildman–Crippen MR) is 80.0 cm³/mol. The number of fused-ring (bicyclic) bond motifs is 1. The summed E-state index contributed by atoms with van der Waals surface area (Å²) in [4.78, 5) is 0. The summed E-state index contributed by atoms with van der Waals surface area (Å²) >= 11 is 4.90. The maximum Gasteiger partial charge on any atom is 0.124 e. The molecule has 0 radical (unpaired) electrons. The fourth-order valence-corrected chi connectivity index (χ4v) is 3.65. The van der Waals surface area contributed by atoms with Crippen molar-refractivity contribution in [3.8, 4) is 0 Å². The quantitative estimate of drug-likeness (QED) is 0.706. The predicted octanol–water partition coefficient (Wildman–Crippen LogP) is 4.88. The van der Waals surface area contributed by atoms with Gasteiger partial charge in [-0.3, -0.25) is 0 Å². The highest BCUT2D eigenvalue weighted by Crippen LogP contribution is 2.36. The van der Waals surface area contributed by atoms with Crippen molar-refractivity contribution in [1.29, 1.82) is 0 Å². The summed E-state index contributed by atoms with van der Waals surface area (Å²) in [5.41, 5.74) is 1.53. The summed E-state index contributed by atoms with van der Waals surface area (Å²) in [6, 6.07) is 12.3. The zero-order valence-corrected chi connectivity index (χ0v) is 12.2. The first kappa shape index (κ1) is 12.8. The summed E-state index contributed by atoms with van der Waals surface area (Å²) in [6.07, 6.45) is -0.758. The van der Waals surface area contributed by atoms with Crippen LogP contribution in [-0.2, 0) is 0 Å². The number of thiophene rings is 1. The third kappa shape index (κ3) is 2.31. The highest BCUT2D eigenvalue weighted by Gasteiger charge is 2.17. The molecule has 0 amide bonds. The fourth-order valence-electron chi connectivity index (χ4n) is 2.10. The Labute approximate surface area is 122 Å². The molecule has 1 unspecified atom stereocenters. The van der Waals surface area contributed by atoms with Crippen molar-refractivity contribution in [1.82, 2.24) is 0 Å². The average molecular weight is 337 g/mol. The van der Waals surface area contributed by atoms with Gasteiger partial charge in [-0.15, -0.1) is 11.3 Å². The van der Waals surface area contributed by atoms with E-state index in [4.69, 9.17) is 0 Å². The van der Waals surface area contributed by atoms with Crippen molar-refractivity contribution in [2.75, 3.05) is 0 Å². The van der Waals surface area contributed by atoms with Gasteiger partial charge in [-0.05, 0) is 34.5 Å². The Morgan fingerprint density at radius 2 is 1.89 bits per heavy atom. The molecule has 0 saturated heterocycles. The molecule has 3 rings (SSSR count). The van der Waals surface area contributed by atoms with Crippen LogP contribution in [0.2, 0.25) is 0 Å². The zero-order valence-electron chi connectivity index (χ0n) is 9.81. The second kappa shape index (κ2) is 5.04. The van der Waals surface area contributed by atoms with E-state index < -0.39 is 6.10 Å². The van der Waals surface area contributed by atoms with Crippen LogP contribution in [0.15, 0.2) is 52.3 Å². The van der Waals surface area contributed by atoms with E-state index in [-0.39, 0.29) is 5.82 Å². The van der Waals surface area contributed by atoms with Gasteiger partial charge < -0.3 is 5.11 Å². The van der Waals surface area contributed by atoms with Crippen LogP contribution in [0.1, 0.15) is 17.2 Å². The molecule has 19 heavy (non-hydrogen) atoms. The van der Waals surface area contributed by atoms with Gasteiger partial charge in [-0.1, -0.05) is 40.2 Å². The third-order valence-corrected chi connectivity index (χ3v) is 4.73. The smallest absolute Gasteiger partial charge is 0.124 e. The van der Waals surface area contributed by atoms with Gasteiger partial charge in [0.05, 0.1) is 0 Å². The molecular weight excluding hydrogens is 327 g/mol. The number of rotatable bonds is 2. The zero-order chi connectivity index (χ0) is 13.4. The first-order valence-electron chi connectivity index (χ1n) is 5.76. The lowest BCUT2D eigenvalue weighted by molar-refractivity contribution is 0.221. The molecule has 1 N–H and O–H groups in total. The lowest BCUT2D eigenvalue weighted by atomic mass is 10.0. The Hall–Kier alpha value is -1.23. The lowest BCUT2D eigenvalue weighted by Crippen LogP contribution is -2.00. The average Bonchev–Trinajstić information content (AvgIpc) is 2.82. The van der Waals surface area contributed by atoms with E-state index in [1.165, 1.54) is 12.1 Å². The lowest BCUT2D eigenvalue weighted by Gasteiger charge is -2.12. The van der Waals surface area contributed by atoms with Crippen LogP contribution in [0.25, 0.3) is 10.1 Å². The van der Waals surface area contributed by atoms with E-state index in [0.717, 1.165) is 15.6 Å². The largest absolute Gasteiger partial charge is 0.384 e. The van der Waals surface area contributed by atoms with Crippen molar-refractivity contribution in [3.05, 3.63) is 69.3 Å². The SMILES string of the molecule is OC(c1ccc(F)cc1Br)c1csc2ccccc12. The first-order valence-corrected chi connectivity index (χ1v) is 7.43. The van der Waals surface area contributed by atoms with Gasteiger partial charge >= 0.3 is 0 Å². The Morgan fingerprint density at radius 1 is 1.11 bits per heavy atom. The maximum absolute atomic E-state index is 13.1. The van der Waals surface area contributed by atoms with Crippen LogP contribution in [0.5, 0.6) is 0 Å². The molecule has 1 heterocycles. The molecular formula is C15H10BrFOS. The molecule has 0 spiro atoms. The van der Waals surface area contributed by atoms with Crippen LogP contribution in [0.3, 0.4) is 0 Å². The summed E-state index contributed by atoms with van der Waals surface area (Å²) in [6.45, 7) is 0. The van der Waals surface area contributed by atoms with Crippen LogP contribution in [0.4, 0.5) is 4.39 Å². The minimum Gasteiger partial charge on any atom is -0.384 e. The molecule has 2 aromatic carbocycles. The summed E-state index contributed by atoms with van der Waals surface area (Å²) in [7, 11) is 0. The van der Waals surface area contributed by atoms with Crippen molar-refractivity contribution < 1.29 is 9.50 Å². The minimum absolute atomic E-state index is 0.321. The van der Waals surface area contributed by atoms with Crippen molar-refractivity contribution in [2.24, 2.45) is 0 Å². The number of benzene rings is 2. The number of halogens is 2. The molecule has 1 nitrogen and oxygen atoms in total. The molecule has 0 aliphatic rings. The molecule has 1 aromatic heterocycles. The van der Waals surface area contributed by atoms with E-state index >= 15 is 0 Å². The van der Waals surface area contributed by atoms with E-state index in [0.29, 0.717) is 10.0 Å². The third-order valence-electron chi connectivity index (χ3n) is 3.06. The Morgan fingerprint density at radius 3 is 2.68 bits per heavy atom. The summed E-state index contributed by atoms with van der Waals surface area (Å²) < 4.78 is 14.8. The standard InChI is InChI=1S/C15H10BrFOS/c16-13-7-9(17)5-6-11(13)15(18)12-8-19-14-4-2-1-3-10(12)14/h1-8,15,18H. The van der Waals surface area contributed by atoms with E-state index in [1.54, 1.807) is 17.4 Å². The number of hydrogen-bond donors (Lipinski definition) is 1. The molecule has 0 fully saturated rings. The fraction of sp³-hybridized carbons (Fsp3) is 0.0667. The van der Waals surface area contributed by atoms with Gasteiger partial charge in [0.25, 0.3) is 0 Å². The maximum atomic E-state index is 13.1. The van der Waals surface area contributed by atoms with Gasteiger partial charge in [0.1, 0.15) is 11.9 Å². The van der Waals surface area contributed by atoms with E-state index in [9.17, 15) is 9.50 Å². The van der Waals surface area contributed by atoms with Gasteiger partial charge in [-0.25, -0.2) is 4.39 Å². The van der Waals surface area contributed by atoms with Gasteiger partial charge in [0.15, 0.2) is 0 Å². The molecule has 0 saturated carbocycles.